The van der Waals surface area contributed by atoms with Crippen molar-refractivity contribution in [2.45, 2.75) is 46.0 Å². The lowest BCUT2D eigenvalue weighted by Crippen LogP contribution is -2.31. The Kier molecular flexibility index (Phi) is 4.20. The fourth-order valence-corrected chi connectivity index (χ4v) is 3.21. The molecule has 0 spiro atoms. The highest BCUT2D eigenvalue weighted by Crippen LogP contribution is 2.38. The fraction of sp³-hybridized carbons (Fsp3) is 0.733. The Balaban J connectivity index is 2.15. The van der Waals surface area contributed by atoms with Crippen molar-refractivity contribution < 1.29 is 4.79 Å². The van der Waals surface area contributed by atoms with Crippen molar-refractivity contribution >= 4 is 5.78 Å². The third-order valence-corrected chi connectivity index (χ3v) is 4.50. The lowest BCUT2D eigenvalue weighted by Gasteiger charge is -2.34. The normalized spacial score (nSPS) is 25.9. The number of hydrogen-bond acceptors (Lipinski definition) is 2. The van der Waals surface area contributed by atoms with Crippen LogP contribution in [0.5, 0.6) is 0 Å². The molecule has 0 aliphatic heterocycles. The second-order valence-electron chi connectivity index (χ2n) is 5.68. The summed E-state index contributed by atoms with van der Waals surface area (Å²) in [5, 5.41) is 4.27. The number of ketones is 1. The minimum absolute atomic E-state index is 0.198. The number of Topliss-reactive ketones (excluding diaryl/α,β-unsaturated/α-hetero) is 1. The Labute approximate surface area is 110 Å². The van der Waals surface area contributed by atoms with Gasteiger partial charge in [-0.25, -0.2) is 0 Å². The molecule has 0 bridgehead atoms. The van der Waals surface area contributed by atoms with E-state index in [1.165, 1.54) is 19.3 Å². The van der Waals surface area contributed by atoms with E-state index in [1.807, 2.05) is 19.3 Å². The molecule has 0 N–H and O–H groups in total. The molecule has 1 aromatic heterocycles. The number of nitrogens with zero attached hydrogens (tertiary/aromatic N) is 2. The first-order valence-corrected chi connectivity index (χ1v) is 7.17. The number of rotatable bonds is 4. The number of carbonyl (C=O) groups is 1. The van der Waals surface area contributed by atoms with Crippen LogP contribution in [0.15, 0.2) is 12.3 Å². The Morgan fingerprint density at radius 2 is 2.22 bits per heavy atom. The molecule has 1 heterocycles. The first kappa shape index (κ1) is 13.3. The van der Waals surface area contributed by atoms with E-state index < -0.39 is 0 Å². The van der Waals surface area contributed by atoms with Crippen LogP contribution in [0.25, 0.3) is 0 Å². The molecule has 1 saturated carbocycles. The van der Waals surface area contributed by atoms with Gasteiger partial charge in [0.05, 0.1) is 0 Å². The average molecular weight is 248 g/mol. The van der Waals surface area contributed by atoms with Crippen molar-refractivity contribution in [1.82, 2.24) is 9.78 Å². The monoisotopic (exact) mass is 248 g/mol. The minimum atomic E-state index is 0.198. The van der Waals surface area contributed by atoms with Gasteiger partial charge in [0.25, 0.3) is 0 Å². The van der Waals surface area contributed by atoms with E-state index >= 15 is 0 Å². The Hall–Kier alpha value is -1.12. The molecule has 100 valence electrons. The number of carbonyl (C=O) groups excluding carboxylic acids is 1. The molecule has 1 fully saturated rings. The molecule has 18 heavy (non-hydrogen) atoms. The molecule has 3 nitrogen and oxygen atoms in total. The minimum Gasteiger partial charge on any atom is -0.292 e. The molecule has 1 aromatic rings. The highest BCUT2D eigenvalue weighted by Gasteiger charge is 2.34. The van der Waals surface area contributed by atoms with Crippen molar-refractivity contribution in [2.24, 2.45) is 24.8 Å². The van der Waals surface area contributed by atoms with Gasteiger partial charge < -0.3 is 0 Å². The Bertz CT molecular complexity index is 410. The van der Waals surface area contributed by atoms with E-state index in [1.54, 1.807) is 4.68 Å². The Morgan fingerprint density at radius 3 is 2.83 bits per heavy atom. The summed E-state index contributed by atoms with van der Waals surface area (Å²) >= 11 is 0. The average Bonchev–Trinajstić information content (AvgIpc) is 2.83. The van der Waals surface area contributed by atoms with Crippen LogP contribution in [-0.2, 0) is 7.05 Å². The summed E-state index contributed by atoms with van der Waals surface area (Å²) in [6.07, 6.45) is 7.74. The standard InChI is InChI=1S/C15H24N2O/c1-4-11(2)12-7-5-6-8-13(12)15(18)14-9-10-17(3)16-14/h9-13H,4-8H2,1-3H3. The molecule has 0 aromatic carbocycles. The third-order valence-electron chi connectivity index (χ3n) is 4.50. The van der Waals surface area contributed by atoms with Crippen LogP contribution in [0.4, 0.5) is 0 Å². The van der Waals surface area contributed by atoms with Gasteiger partial charge >= 0.3 is 0 Å². The van der Waals surface area contributed by atoms with E-state index in [9.17, 15) is 4.79 Å². The lowest BCUT2D eigenvalue weighted by molar-refractivity contribution is 0.0756. The summed E-state index contributed by atoms with van der Waals surface area (Å²) in [7, 11) is 1.86. The number of aromatic nitrogens is 2. The van der Waals surface area contributed by atoms with Gasteiger partial charge in [0, 0.05) is 19.2 Å². The second-order valence-corrected chi connectivity index (χ2v) is 5.68. The maximum atomic E-state index is 12.6. The molecular formula is C15H24N2O. The summed E-state index contributed by atoms with van der Waals surface area (Å²) < 4.78 is 1.72. The zero-order chi connectivity index (χ0) is 13.1. The Morgan fingerprint density at radius 1 is 1.50 bits per heavy atom. The summed E-state index contributed by atoms with van der Waals surface area (Å²) in [5.74, 6) is 1.66. The molecule has 1 aliphatic carbocycles. The first-order chi connectivity index (χ1) is 8.63. The van der Waals surface area contributed by atoms with Crippen LogP contribution in [0.3, 0.4) is 0 Å². The van der Waals surface area contributed by atoms with E-state index in [0.717, 1.165) is 12.8 Å². The third kappa shape index (κ3) is 2.65. The van der Waals surface area contributed by atoms with Crippen LogP contribution in [-0.4, -0.2) is 15.6 Å². The van der Waals surface area contributed by atoms with Gasteiger partial charge in [0.1, 0.15) is 5.69 Å². The maximum absolute atomic E-state index is 12.6. The molecule has 3 atom stereocenters. The zero-order valence-electron chi connectivity index (χ0n) is 11.7. The predicted octanol–water partition coefficient (Wildman–Crippen LogP) is 3.46. The highest BCUT2D eigenvalue weighted by atomic mass is 16.1. The van der Waals surface area contributed by atoms with Crippen molar-refractivity contribution in [1.29, 1.82) is 0 Å². The van der Waals surface area contributed by atoms with Gasteiger partial charge in [0.15, 0.2) is 5.78 Å². The largest absolute Gasteiger partial charge is 0.292 e. The van der Waals surface area contributed by atoms with Gasteiger partial charge in [-0.1, -0.05) is 33.1 Å². The molecule has 1 aliphatic rings. The van der Waals surface area contributed by atoms with Gasteiger partial charge in [-0.3, -0.25) is 9.48 Å². The molecule has 3 unspecified atom stereocenters. The van der Waals surface area contributed by atoms with E-state index in [4.69, 9.17) is 0 Å². The van der Waals surface area contributed by atoms with Crippen LogP contribution >= 0.6 is 0 Å². The maximum Gasteiger partial charge on any atom is 0.186 e. The predicted molar refractivity (Wildman–Crippen MR) is 72.4 cm³/mol. The van der Waals surface area contributed by atoms with Crippen LogP contribution < -0.4 is 0 Å². The van der Waals surface area contributed by atoms with E-state index in [-0.39, 0.29) is 11.7 Å². The summed E-state index contributed by atoms with van der Waals surface area (Å²) in [6.45, 7) is 4.51. The second kappa shape index (κ2) is 5.68. The molecular weight excluding hydrogens is 224 g/mol. The van der Waals surface area contributed by atoms with Gasteiger partial charge in [0.2, 0.25) is 0 Å². The number of hydrogen-bond donors (Lipinski definition) is 0. The summed E-state index contributed by atoms with van der Waals surface area (Å²) in [4.78, 5) is 12.6. The molecule has 3 heteroatoms. The topological polar surface area (TPSA) is 34.9 Å². The van der Waals surface area contributed by atoms with Crippen LogP contribution in [0.1, 0.15) is 56.4 Å². The van der Waals surface area contributed by atoms with Crippen molar-refractivity contribution in [3.8, 4) is 0 Å². The summed E-state index contributed by atoms with van der Waals surface area (Å²) in [5.41, 5.74) is 0.651. The van der Waals surface area contributed by atoms with Crippen molar-refractivity contribution in [2.75, 3.05) is 0 Å². The summed E-state index contributed by atoms with van der Waals surface area (Å²) in [6, 6.07) is 1.85. The molecule has 0 saturated heterocycles. The SMILES string of the molecule is CCC(C)C1CCCCC1C(=O)c1ccn(C)n1. The first-order valence-electron chi connectivity index (χ1n) is 7.17. The van der Waals surface area contributed by atoms with Crippen LogP contribution in [0.2, 0.25) is 0 Å². The molecule has 0 amide bonds. The smallest absolute Gasteiger partial charge is 0.186 e. The quantitative estimate of drug-likeness (QED) is 0.765. The zero-order valence-corrected chi connectivity index (χ0v) is 11.7. The lowest BCUT2D eigenvalue weighted by atomic mass is 9.70. The molecule has 2 rings (SSSR count). The van der Waals surface area contributed by atoms with Gasteiger partial charge in [-0.15, -0.1) is 0 Å². The molecule has 0 radical (unpaired) electrons. The fourth-order valence-electron chi connectivity index (χ4n) is 3.21. The van der Waals surface area contributed by atoms with Gasteiger partial charge in [-0.2, -0.15) is 5.10 Å². The number of aryl methyl sites for hydroxylation is 1. The van der Waals surface area contributed by atoms with Crippen LogP contribution in [0, 0.1) is 17.8 Å². The van der Waals surface area contributed by atoms with Crippen molar-refractivity contribution in [3.63, 3.8) is 0 Å². The highest BCUT2D eigenvalue weighted by molar-refractivity contribution is 5.96. The van der Waals surface area contributed by atoms with Gasteiger partial charge in [-0.05, 0) is 30.7 Å². The van der Waals surface area contributed by atoms with E-state index in [0.29, 0.717) is 17.5 Å². The van der Waals surface area contributed by atoms with E-state index in [2.05, 4.69) is 18.9 Å². The van der Waals surface area contributed by atoms with Crippen molar-refractivity contribution in [3.05, 3.63) is 18.0 Å².